The quantitative estimate of drug-likeness (QED) is 0.837. The molecule has 1 aliphatic heterocycles. The van der Waals surface area contributed by atoms with E-state index in [1.165, 1.54) is 12.1 Å². The minimum Gasteiger partial charge on any atom is -0.506 e. The molecular formula is C13H15ClO3. The lowest BCUT2D eigenvalue weighted by molar-refractivity contribution is 0.0945. The highest BCUT2D eigenvalue weighted by Crippen LogP contribution is 2.35. The summed E-state index contributed by atoms with van der Waals surface area (Å²) in [5.41, 5.74) is 0.468. The Hall–Kier alpha value is -1.22. The standard InChI is InChI=1S/C13H15ClO3/c1-7(2)8-3-11(15)9-4-10(14)12(16)5-13(9)17-6-8/h4-5,7-8,16H,3,6H2,1-2H3. The molecule has 0 saturated carbocycles. The summed E-state index contributed by atoms with van der Waals surface area (Å²) in [7, 11) is 0. The van der Waals surface area contributed by atoms with E-state index in [1.807, 2.05) is 0 Å². The van der Waals surface area contributed by atoms with E-state index in [0.717, 1.165) is 0 Å². The molecule has 3 nitrogen and oxygen atoms in total. The topological polar surface area (TPSA) is 46.5 Å². The number of fused-ring (bicyclic) bond motifs is 1. The molecule has 0 aromatic heterocycles. The number of rotatable bonds is 1. The maximum atomic E-state index is 12.1. The van der Waals surface area contributed by atoms with E-state index in [-0.39, 0.29) is 22.5 Å². The van der Waals surface area contributed by atoms with Crippen molar-refractivity contribution in [2.45, 2.75) is 20.3 Å². The minimum absolute atomic E-state index is 0.0260. The van der Waals surface area contributed by atoms with Crippen LogP contribution < -0.4 is 4.74 Å². The molecule has 0 saturated heterocycles. The summed E-state index contributed by atoms with van der Waals surface area (Å²) >= 11 is 5.81. The number of ether oxygens (including phenoxy) is 1. The van der Waals surface area contributed by atoms with Gasteiger partial charge in [-0.15, -0.1) is 0 Å². The molecule has 1 N–H and O–H groups in total. The highest BCUT2D eigenvalue weighted by atomic mass is 35.5. The molecule has 2 rings (SSSR count). The lowest BCUT2D eigenvalue weighted by Crippen LogP contribution is -2.18. The zero-order valence-corrected chi connectivity index (χ0v) is 10.6. The van der Waals surface area contributed by atoms with Crippen molar-refractivity contribution in [2.24, 2.45) is 11.8 Å². The second-order valence-corrected chi connectivity index (χ2v) is 5.15. The average molecular weight is 255 g/mol. The van der Waals surface area contributed by atoms with Gasteiger partial charge in [0.05, 0.1) is 17.2 Å². The van der Waals surface area contributed by atoms with Crippen molar-refractivity contribution in [3.8, 4) is 11.5 Å². The molecule has 1 unspecified atom stereocenters. The Morgan fingerprint density at radius 1 is 1.47 bits per heavy atom. The molecule has 1 heterocycles. The van der Waals surface area contributed by atoms with E-state index in [4.69, 9.17) is 16.3 Å². The molecule has 1 aromatic rings. The van der Waals surface area contributed by atoms with E-state index >= 15 is 0 Å². The van der Waals surface area contributed by atoms with Crippen LogP contribution >= 0.6 is 11.6 Å². The Bertz CT molecular complexity index is 454. The molecule has 1 atom stereocenters. The number of phenolic OH excluding ortho intramolecular Hbond substituents is 1. The normalized spacial score (nSPS) is 19.8. The summed E-state index contributed by atoms with van der Waals surface area (Å²) < 4.78 is 5.59. The molecule has 0 spiro atoms. The van der Waals surface area contributed by atoms with E-state index in [9.17, 15) is 9.90 Å². The van der Waals surface area contributed by atoms with Crippen LogP contribution in [-0.2, 0) is 0 Å². The minimum atomic E-state index is -0.0544. The van der Waals surface area contributed by atoms with Crippen LogP contribution in [-0.4, -0.2) is 17.5 Å². The van der Waals surface area contributed by atoms with Crippen LogP contribution in [0, 0.1) is 11.8 Å². The van der Waals surface area contributed by atoms with Crippen molar-refractivity contribution in [1.29, 1.82) is 0 Å². The number of carbonyl (C=O) groups is 1. The second-order valence-electron chi connectivity index (χ2n) is 4.74. The first-order valence-electron chi connectivity index (χ1n) is 5.67. The van der Waals surface area contributed by atoms with Crippen molar-refractivity contribution in [2.75, 3.05) is 6.61 Å². The van der Waals surface area contributed by atoms with E-state index in [1.54, 1.807) is 0 Å². The highest BCUT2D eigenvalue weighted by Gasteiger charge is 2.26. The Labute approximate surface area is 105 Å². The monoisotopic (exact) mass is 254 g/mol. The van der Waals surface area contributed by atoms with Crippen LogP contribution in [0.25, 0.3) is 0 Å². The summed E-state index contributed by atoms with van der Waals surface area (Å²) in [5, 5.41) is 9.69. The van der Waals surface area contributed by atoms with Crippen molar-refractivity contribution >= 4 is 17.4 Å². The lowest BCUT2D eigenvalue weighted by Gasteiger charge is -2.16. The molecule has 4 heteroatoms. The maximum Gasteiger partial charge on any atom is 0.167 e. The van der Waals surface area contributed by atoms with Crippen molar-refractivity contribution in [1.82, 2.24) is 0 Å². The fourth-order valence-corrected chi connectivity index (χ4v) is 2.08. The second kappa shape index (κ2) is 4.57. The van der Waals surface area contributed by atoms with Gasteiger partial charge in [-0.3, -0.25) is 4.79 Å². The number of benzene rings is 1. The zero-order valence-electron chi connectivity index (χ0n) is 9.87. The van der Waals surface area contributed by atoms with Crippen LogP contribution in [0.5, 0.6) is 11.5 Å². The first-order valence-corrected chi connectivity index (χ1v) is 6.05. The number of hydrogen-bond acceptors (Lipinski definition) is 3. The third-order valence-electron chi connectivity index (χ3n) is 3.19. The molecule has 1 aromatic carbocycles. The van der Waals surface area contributed by atoms with Gasteiger partial charge in [-0.25, -0.2) is 0 Å². The number of phenols is 1. The first kappa shape index (κ1) is 12.2. The SMILES string of the molecule is CC(C)C1COc2cc(O)c(Cl)cc2C(=O)C1. The fraction of sp³-hybridized carbons (Fsp3) is 0.462. The number of Topliss-reactive ketones (excluding diaryl/α,β-unsaturated/α-hetero) is 1. The lowest BCUT2D eigenvalue weighted by atomic mass is 9.90. The van der Waals surface area contributed by atoms with Gasteiger partial charge in [0.15, 0.2) is 5.78 Å². The Balaban J connectivity index is 2.38. The Morgan fingerprint density at radius 3 is 2.82 bits per heavy atom. The van der Waals surface area contributed by atoms with Gasteiger partial charge in [-0.2, -0.15) is 0 Å². The molecule has 0 aliphatic carbocycles. The van der Waals surface area contributed by atoms with Gasteiger partial charge in [0.2, 0.25) is 0 Å². The molecule has 92 valence electrons. The van der Waals surface area contributed by atoms with Crippen LogP contribution in [0.3, 0.4) is 0 Å². The third kappa shape index (κ3) is 2.39. The molecule has 17 heavy (non-hydrogen) atoms. The van der Waals surface area contributed by atoms with Crippen molar-refractivity contribution < 1.29 is 14.6 Å². The molecular weight excluding hydrogens is 240 g/mol. The van der Waals surface area contributed by atoms with Gasteiger partial charge in [-0.1, -0.05) is 25.4 Å². The summed E-state index contributed by atoms with van der Waals surface area (Å²) in [5.74, 6) is 0.993. The molecule has 0 amide bonds. The average Bonchev–Trinajstić information content (AvgIpc) is 2.41. The fourth-order valence-electron chi connectivity index (χ4n) is 1.91. The summed E-state index contributed by atoms with van der Waals surface area (Å²) in [6.45, 7) is 4.64. The number of halogens is 1. The summed E-state index contributed by atoms with van der Waals surface area (Å²) in [6, 6.07) is 2.90. The zero-order chi connectivity index (χ0) is 12.6. The number of ketones is 1. The Kier molecular flexibility index (Phi) is 3.29. The molecule has 1 aliphatic rings. The first-order chi connectivity index (χ1) is 7.99. The van der Waals surface area contributed by atoms with Crippen LogP contribution in [0.2, 0.25) is 5.02 Å². The van der Waals surface area contributed by atoms with Crippen molar-refractivity contribution in [3.63, 3.8) is 0 Å². The molecule has 0 fully saturated rings. The largest absolute Gasteiger partial charge is 0.506 e. The number of hydrogen-bond donors (Lipinski definition) is 1. The Morgan fingerprint density at radius 2 is 2.18 bits per heavy atom. The molecule has 0 bridgehead atoms. The van der Waals surface area contributed by atoms with Crippen LogP contribution in [0.1, 0.15) is 30.6 Å². The van der Waals surface area contributed by atoms with Gasteiger partial charge < -0.3 is 9.84 Å². The van der Waals surface area contributed by atoms with E-state index in [0.29, 0.717) is 30.3 Å². The third-order valence-corrected chi connectivity index (χ3v) is 3.50. The van der Waals surface area contributed by atoms with Gasteiger partial charge in [0.1, 0.15) is 11.5 Å². The smallest absolute Gasteiger partial charge is 0.167 e. The van der Waals surface area contributed by atoms with E-state index in [2.05, 4.69) is 13.8 Å². The van der Waals surface area contributed by atoms with Crippen LogP contribution in [0.4, 0.5) is 0 Å². The van der Waals surface area contributed by atoms with Crippen molar-refractivity contribution in [3.05, 3.63) is 22.7 Å². The predicted octanol–water partition coefficient (Wildman–Crippen LogP) is 3.28. The maximum absolute atomic E-state index is 12.1. The number of carbonyl (C=O) groups excluding carboxylic acids is 1. The van der Waals surface area contributed by atoms with E-state index < -0.39 is 0 Å². The van der Waals surface area contributed by atoms with Gasteiger partial charge >= 0.3 is 0 Å². The predicted molar refractivity (Wildman–Crippen MR) is 65.9 cm³/mol. The van der Waals surface area contributed by atoms with Gasteiger partial charge in [0, 0.05) is 18.4 Å². The summed E-state index contributed by atoms with van der Waals surface area (Å²) in [4.78, 5) is 12.1. The van der Waals surface area contributed by atoms with Gasteiger partial charge in [0.25, 0.3) is 0 Å². The highest BCUT2D eigenvalue weighted by molar-refractivity contribution is 6.32. The summed E-state index contributed by atoms with van der Waals surface area (Å²) in [6.07, 6.45) is 0.464. The molecule has 0 radical (unpaired) electrons. The van der Waals surface area contributed by atoms with Gasteiger partial charge in [-0.05, 0) is 12.0 Å². The van der Waals surface area contributed by atoms with Crippen LogP contribution in [0.15, 0.2) is 12.1 Å². The number of aromatic hydroxyl groups is 1.